The highest BCUT2D eigenvalue weighted by Gasteiger charge is 2.45. The molecule has 1 aliphatic carbocycles. The van der Waals surface area contributed by atoms with Gasteiger partial charge in [-0.25, -0.2) is 0 Å². The second-order valence-corrected chi connectivity index (χ2v) is 6.36. The number of carboxylic acids is 1. The monoisotopic (exact) mass is 295 g/mol. The van der Waals surface area contributed by atoms with E-state index in [-0.39, 0.29) is 5.92 Å². The average molecular weight is 295 g/mol. The van der Waals surface area contributed by atoms with Gasteiger partial charge in [0.25, 0.3) is 0 Å². The molecule has 0 bridgehead atoms. The number of thioether (sulfide) groups is 1. The molecule has 1 aliphatic rings. The lowest BCUT2D eigenvalue weighted by Crippen LogP contribution is -2.51. The molecule has 2 rings (SSSR count). The Morgan fingerprint density at radius 2 is 2.30 bits per heavy atom. The molecule has 0 aliphatic heterocycles. The van der Waals surface area contributed by atoms with Crippen LogP contribution in [0, 0.1) is 5.92 Å². The van der Waals surface area contributed by atoms with E-state index >= 15 is 0 Å². The second-order valence-electron chi connectivity index (χ2n) is 5.22. The molecule has 0 heterocycles. The van der Waals surface area contributed by atoms with E-state index in [1.54, 1.807) is 18.9 Å². The van der Waals surface area contributed by atoms with E-state index in [0.29, 0.717) is 6.42 Å². The van der Waals surface area contributed by atoms with Gasteiger partial charge >= 0.3 is 5.97 Å². The van der Waals surface area contributed by atoms with E-state index < -0.39 is 11.5 Å². The molecule has 1 aromatic carbocycles. The Morgan fingerprint density at radius 3 is 3.00 bits per heavy atom. The fourth-order valence-electron chi connectivity index (χ4n) is 2.84. The summed E-state index contributed by atoms with van der Waals surface area (Å²) in [7, 11) is 1.66. The van der Waals surface area contributed by atoms with Crippen LogP contribution in [0.3, 0.4) is 0 Å². The van der Waals surface area contributed by atoms with Crippen molar-refractivity contribution in [3.05, 3.63) is 24.3 Å². The number of carbonyl (C=O) groups is 1. The van der Waals surface area contributed by atoms with Crippen LogP contribution in [0.5, 0.6) is 5.75 Å². The fourth-order valence-corrected chi connectivity index (χ4v) is 3.93. The van der Waals surface area contributed by atoms with Gasteiger partial charge in [0.1, 0.15) is 11.3 Å². The molecule has 1 fully saturated rings. The third-order valence-corrected chi connectivity index (χ3v) is 5.15. The Morgan fingerprint density at radius 1 is 1.55 bits per heavy atom. The maximum atomic E-state index is 11.3. The molecule has 0 aromatic heterocycles. The Balaban J connectivity index is 1.91. The van der Waals surface area contributed by atoms with Crippen LogP contribution in [0.2, 0.25) is 0 Å². The molecule has 0 spiro atoms. The maximum Gasteiger partial charge on any atom is 0.323 e. The SMILES string of the molecule is COc1ccccc1SCCC1CCCC1(N)C(=O)O. The number of para-hydroxylation sites is 1. The van der Waals surface area contributed by atoms with E-state index in [4.69, 9.17) is 10.5 Å². The number of ether oxygens (including phenoxy) is 1. The zero-order chi connectivity index (χ0) is 14.6. The first-order valence-corrected chi connectivity index (χ1v) is 7.84. The summed E-state index contributed by atoms with van der Waals surface area (Å²) < 4.78 is 5.31. The van der Waals surface area contributed by atoms with Gasteiger partial charge in [0.2, 0.25) is 0 Å². The van der Waals surface area contributed by atoms with Crippen molar-refractivity contribution in [1.82, 2.24) is 0 Å². The molecular weight excluding hydrogens is 274 g/mol. The highest BCUT2D eigenvalue weighted by atomic mass is 32.2. The Kier molecular flexibility index (Phi) is 4.94. The van der Waals surface area contributed by atoms with Gasteiger partial charge < -0.3 is 15.6 Å². The van der Waals surface area contributed by atoms with Gasteiger partial charge in [0.15, 0.2) is 0 Å². The summed E-state index contributed by atoms with van der Waals surface area (Å²) in [6, 6.07) is 7.87. The largest absolute Gasteiger partial charge is 0.496 e. The number of aliphatic carboxylic acids is 1. The summed E-state index contributed by atoms with van der Waals surface area (Å²) in [5.74, 6) is 0.933. The summed E-state index contributed by atoms with van der Waals surface area (Å²) in [5, 5.41) is 9.29. The van der Waals surface area contributed by atoms with Crippen LogP contribution in [-0.2, 0) is 4.79 Å². The van der Waals surface area contributed by atoms with Crippen LogP contribution in [0.4, 0.5) is 0 Å². The van der Waals surface area contributed by atoms with Crippen molar-refractivity contribution < 1.29 is 14.6 Å². The van der Waals surface area contributed by atoms with Crippen molar-refractivity contribution in [2.45, 2.75) is 36.1 Å². The molecule has 20 heavy (non-hydrogen) atoms. The van der Waals surface area contributed by atoms with E-state index in [2.05, 4.69) is 0 Å². The molecule has 3 N–H and O–H groups in total. The number of methoxy groups -OCH3 is 1. The van der Waals surface area contributed by atoms with Crippen molar-refractivity contribution >= 4 is 17.7 Å². The number of hydrogen-bond acceptors (Lipinski definition) is 4. The molecule has 0 radical (unpaired) electrons. The first kappa shape index (κ1) is 15.2. The van der Waals surface area contributed by atoms with Crippen LogP contribution in [0.25, 0.3) is 0 Å². The van der Waals surface area contributed by atoms with E-state index in [9.17, 15) is 9.90 Å². The lowest BCUT2D eigenvalue weighted by molar-refractivity contribution is -0.144. The zero-order valence-electron chi connectivity index (χ0n) is 11.7. The molecule has 0 saturated heterocycles. The van der Waals surface area contributed by atoms with Gasteiger partial charge in [0.05, 0.1) is 7.11 Å². The number of hydrogen-bond donors (Lipinski definition) is 2. The third kappa shape index (κ3) is 3.10. The molecule has 0 amide bonds. The van der Waals surface area contributed by atoms with Crippen molar-refractivity contribution in [3.8, 4) is 5.75 Å². The number of rotatable bonds is 6. The van der Waals surface area contributed by atoms with Crippen LogP contribution in [-0.4, -0.2) is 29.5 Å². The summed E-state index contributed by atoms with van der Waals surface area (Å²) in [6.07, 6.45) is 3.24. The predicted octanol–water partition coefficient (Wildman–Crippen LogP) is 2.76. The minimum Gasteiger partial charge on any atom is -0.496 e. The highest BCUT2D eigenvalue weighted by Crippen LogP contribution is 2.38. The van der Waals surface area contributed by atoms with Gasteiger partial charge in [-0.2, -0.15) is 0 Å². The molecule has 1 saturated carbocycles. The summed E-state index contributed by atoms with van der Waals surface area (Å²) in [5.41, 5.74) is 5.02. The second kappa shape index (κ2) is 6.50. The minimum absolute atomic E-state index is 0.0715. The summed E-state index contributed by atoms with van der Waals surface area (Å²) in [6.45, 7) is 0. The van der Waals surface area contributed by atoms with E-state index in [0.717, 1.165) is 35.7 Å². The van der Waals surface area contributed by atoms with Gasteiger partial charge in [-0.3, -0.25) is 4.79 Å². The van der Waals surface area contributed by atoms with Gasteiger partial charge in [-0.1, -0.05) is 18.6 Å². The standard InChI is InChI=1S/C15H21NO3S/c1-19-12-6-2-3-7-13(12)20-10-8-11-5-4-9-15(11,16)14(17)18/h2-3,6-7,11H,4-5,8-10,16H2,1H3,(H,17,18). The molecule has 4 nitrogen and oxygen atoms in total. The fraction of sp³-hybridized carbons (Fsp3) is 0.533. The minimum atomic E-state index is -1.03. The Bertz CT molecular complexity index is 480. The molecule has 2 atom stereocenters. The molecular formula is C15H21NO3S. The topological polar surface area (TPSA) is 72.5 Å². The van der Waals surface area contributed by atoms with Gasteiger partial charge in [-0.05, 0) is 43.1 Å². The van der Waals surface area contributed by atoms with Crippen molar-refractivity contribution in [1.29, 1.82) is 0 Å². The van der Waals surface area contributed by atoms with Crippen molar-refractivity contribution in [2.75, 3.05) is 12.9 Å². The molecule has 2 unspecified atom stereocenters. The highest BCUT2D eigenvalue weighted by molar-refractivity contribution is 7.99. The van der Waals surface area contributed by atoms with Crippen molar-refractivity contribution in [3.63, 3.8) is 0 Å². The lowest BCUT2D eigenvalue weighted by atomic mass is 9.86. The molecule has 1 aromatic rings. The first-order chi connectivity index (χ1) is 9.58. The van der Waals surface area contributed by atoms with E-state index in [1.807, 2.05) is 24.3 Å². The smallest absolute Gasteiger partial charge is 0.323 e. The van der Waals surface area contributed by atoms with Crippen LogP contribution < -0.4 is 10.5 Å². The van der Waals surface area contributed by atoms with Gasteiger partial charge in [0, 0.05) is 4.90 Å². The van der Waals surface area contributed by atoms with Crippen LogP contribution >= 0.6 is 11.8 Å². The number of benzene rings is 1. The lowest BCUT2D eigenvalue weighted by Gasteiger charge is -2.26. The predicted molar refractivity (Wildman–Crippen MR) is 80.2 cm³/mol. The molecule has 5 heteroatoms. The molecule has 110 valence electrons. The Hall–Kier alpha value is -1.20. The van der Waals surface area contributed by atoms with Crippen LogP contribution in [0.15, 0.2) is 29.2 Å². The quantitative estimate of drug-likeness (QED) is 0.790. The van der Waals surface area contributed by atoms with Crippen LogP contribution in [0.1, 0.15) is 25.7 Å². The summed E-state index contributed by atoms with van der Waals surface area (Å²) in [4.78, 5) is 12.4. The number of carboxylic acid groups (broad SMARTS) is 1. The summed E-state index contributed by atoms with van der Waals surface area (Å²) >= 11 is 1.70. The third-order valence-electron chi connectivity index (χ3n) is 4.06. The van der Waals surface area contributed by atoms with E-state index in [1.165, 1.54) is 0 Å². The van der Waals surface area contributed by atoms with Gasteiger partial charge in [-0.15, -0.1) is 11.8 Å². The Labute approximate surface area is 123 Å². The maximum absolute atomic E-state index is 11.3. The first-order valence-electron chi connectivity index (χ1n) is 6.86. The normalized spacial score (nSPS) is 25.6. The average Bonchev–Trinajstić information content (AvgIpc) is 2.82. The zero-order valence-corrected chi connectivity index (χ0v) is 12.5. The number of nitrogens with two attached hydrogens (primary N) is 1. The van der Waals surface area contributed by atoms with Crippen molar-refractivity contribution in [2.24, 2.45) is 11.7 Å².